The van der Waals surface area contributed by atoms with Crippen molar-refractivity contribution in [2.75, 3.05) is 7.11 Å². The largest absolute Gasteiger partial charge is 0.508 e. The van der Waals surface area contributed by atoms with Crippen molar-refractivity contribution in [3.63, 3.8) is 0 Å². The zero-order valence-electron chi connectivity index (χ0n) is 9.19. The van der Waals surface area contributed by atoms with E-state index in [1.54, 1.807) is 12.1 Å². The molecule has 0 aliphatic heterocycles. The molecule has 1 aromatic rings. The zero-order chi connectivity index (χ0) is 11.5. The van der Waals surface area contributed by atoms with E-state index in [0.717, 1.165) is 30.4 Å². The van der Waals surface area contributed by atoms with Gasteiger partial charge in [0.15, 0.2) is 0 Å². The lowest BCUT2D eigenvalue weighted by molar-refractivity contribution is -0.136. The van der Waals surface area contributed by atoms with Crippen molar-refractivity contribution in [1.29, 1.82) is 0 Å². The summed E-state index contributed by atoms with van der Waals surface area (Å²) >= 11 is 0. The molecule has 0 fully saturated rings. The number of esters is 1. The topological polar surface area (TPSA) is 46.5 Å². The molecular formula is C13H14O3. The Labute approximate surface area is 94.4 Å². The highest BCUT2D eigenvalue weighted by atomic mass is 16.5. The van der Waals surface area contributed by atoms with Gasteiger partial charge in [0.05, 0.1) is 7.11 Å². The van der Waals surface area contributed by atoms with Crippen LogP contribution in [0.4, 0.5) is 0 Å². The number of hydrogen-bond acceptors (Lipinski definition) is 3. The smallest absolute Gasteiger partial charge is 0.333 e. The van der Waals surface area contributed by atoms with Gasteiger partial charge in [-0.15, -0.1) is 0 Å². The molecule has 0 spiro atoms. The number of ether oxygens (including phenoxy) is 1. The predicted molar refractivity (Wildman–Crippen MR) is 61.0 cm³/mol. The Morgan fingerprint density at radius 1 is 1.38 bits per heavy atom. The van der Waals surface area contributed by atoms with E-state index in [9.17, 15) is 9.90 Å². The maximum absolute atomic E-state index is 11.5. The van der Waals surface area contributed by atoms with Gasteiger partial charge < -0.3 is 9.84 Å². The number of fused-ring (bicyclic) bond motifs is 1. The fraction of sp³-hybridized carbons (Fsp3) is 0.308. The van der Waals surface area contributed by atoms with Crippen LogP contribution in [0.3, 0.4) is 0 Å². The van der Waals surface area contributed by atoms with Gasteiger partial charge in [-0.25, -0.2) is 4.79 Å². The Balaban J connectivity index is 2.42. The van der Waals surface area contributed by atoms with Crippen LogP contribution < -0.4 is 0 Å². The molecule has 0 atom stereocenters. The summed E-state index contributed by atoms with van der Waals surface area (Å²) in [5, 5.41) is 9.42. The van der Waals surface area contributed by atoms with Crippen molar-refractivity contribution < 1.29 is 14.6 Å². The van der Waals surface area contributed by atoms with Crippen molar-refractivity contribution in [2.24, 2.45) is 0 Å². The number of carbonyl (C=O) groups excluding carboxylic acids is 1. The van der Waals surface area contributed by atoms with Gasteiger partial charge in [0.2, 0.25) is 0 Å². The van der Waals surface area contributed by atoms with Crippen LogP contribution >= 0.6 is 0 Å². The van der Waals surface area contributed by atoms with Crippen molar-refractivity contribution >= 4 is 12.0 Å². The lowest BCUT2D eigenvalue weighted by atomic mass is 10.0. The number of hydrogen-bond donors (Lipinski definition) is 1. The maximum atomic E-state index is 11.5. The summed E-state index contributed by atoms with van der Waals surface area (Å²) in [6.07, 6.45) is 4.39. The number of rotatable bonds is 1. The first kappa shape index (κ1) is 10.7. The molecule has 84 valence electrons. The highest BCUT2D eigenvalue weighted by Gasteiger charge is 2.14. The Hall–Kier alpha value is -1.77. The Bertz CT molecular complexity index is 446. The molecule has 0 aromatic heterocycles. The van der Waals surface area contributed by atoms with Gasteiger partial charge in [0.25, 0.3) is 0 Å². The molecule has 16 heavy (non-hydrogen) atoms. The fourth-order valence-corrected chi connectivity index (χ4v) is 1.97. The molecule has 1 aliphatic carbocycles. The van der Waals surface area contributed by atoms with E-state index in [2.05, 4.69) is 0 Å². The first-order valence-corrected chi connectivity index (χ1v) is 5.31. The highest BCUT2D eigenvalue weighted by molar-refractivity contribution is 5.94. The molecule has 0 saturated heterocycles. The van der Waals surface area contributed by atoms with Crippen LogP contribution in [-0.2, 0) is 16.0 Å². The third-order valence-corrected chi connectivity index (χ3v) is 2.80. The number of methoxy groups -OCH3 is 1. The van der Waals surface area contributed by atoms with Crippen LogP contribution in [0.2, 0.25) is 0 Å². The number of benzene rings is 1. The minimum Gasteiger partial charge on any atom is -0.508 e. The Morgan fingerprint density at radius 2 is 2.19 bits per heavy atom. The second-order valence-electron chi connectivity index (χ2n) is 3.90. The normalized spacial score (nSPS) is 14.7. The van der Waals surface area contributed by atoms with Gasteiger partial charge in [-0.2, -0.15) is 0 Å². The van der Waals surface area contributed by atoms with E-state index in [0.29, 0.717) is 5.57 Å². The molecule has 0 amide bonds. The highest BCUT2D eigenvalue weighted by Crippen LogP contribution is 2.26. The molecule has 2 rings (SSSR count). The molecule has 1 aromatic carbocycles. The maximum Gasteiger partial charge on any atom is 0.333 e. The first-order chi connectivity index (χ1) is 7.70. The fourth-order valence-electron chi connectivity index (χ4n) is 1.97. The SMILES string of the molecule is COC(=O)C1=Cc2cc(O)ccc2CCC1. The van der Waals surface area contributed by atoms with E-state index < -0.39 is 0 Å². The molecule has 0 bridgehead atoms. The van der Waals surface area contributed by atoms with Crippen molar-refractivity contribution in [2.45, 2.75) is 19.3 Å². The number of carbonyl (C=O) groups is 1. The summed E-state index contributed by atoms with van der Waals surface area (Å²) in [6, 6.07) is 5.26. The van der Waals surface area contributed by atoms with Crippen LogP contribution in [-0.4, -0.2) is 18.2 Å². The van der Waals surface area contributed by atoms with Crippen LogP contribution in [0.5, 0.6) is 5.75 Å². The Morgan fingerprint density at radius 3 is 2.94 bits per heavy atom. The standard InChI is InChI=1S/C13H14O3/c1-16-13(15)10-4-2-3-9-5-6-12(14)8-11(9)7-10/h5-8,14H,2-4H2,1H3. The van der Waals surface area contributed by atoms with E-state index in [4.69, 9.17) is 4.74 Å². The molecule has 0 saturated carbocycles. The van der Waals surface area contributed by atoms with Crippen LogP contribution in [0.25, 0.3) is 6.08 Å². The summed E-state index contributed by atoms with van der Waals surface area (Å²) < 4.78 is 4.72. The van der Waals surface area contributed by atoms with E-state index in [-0.39, 0.29) is 11.7 Å². The second kappa shape index (κ2) is 4.39. The average Bonchev–Trinajstić information content (AvgIpc) is 2.49. The van der Waals surface area contributed by atoms with Crippen LogP contribution in [0.15, 0.2) is 23.8 Å². The van der Waals surface area contributed by atoms with Gasteiger partial charge in [0.1, 0.15) is 5.75 Å². The summed E-state index contributed by atoms with van der Waals surface area (Å²) in [5.74, 6) is -0.0580. The molecule has 1 N–H and O–H groups in total. The van der Waals surface area contributed by atoms with Crippen molar-refractivity contribution in [1.82, 2.24) is 0 Å². The third kappa shape index (κ3) is 2.08. The minimum atomic E-state index is -0.281. The lowest BCUT2D eigenvalue weighted by Gasteiger charge is -2.03. The van der Waals surface area contributed by atoms with E-state index >= 15 is 0 Å². The second-order valence-corrected chi connectivity index (χ2v) is 3.90. The van der Waals surface area contributed by atoms with Crippen molar-refractivity contribution in [3.8, 4) is 5.75 Å². The number of aryl methyl sites for hydroxylation is 1. The van der Waals surface area contributed by atoms with Gasteiger partial charge in [-0.1, -0.05) is 6.07 Å². The summed E-state index contributed by atoms with van der Waals surface area (Å²) in [6.45, 7) is 0. The van der Waals surface area contributed by atoms with Gasteiger partial charge >= 0.3 is 5.97 Å². The number of phenols is 1. The molecule has 0 unspecified atom stereocenters. The lowest BCUT2D eigenvalue weighted by Crippen LogP contribution is -2.03. The first-order valence-electron chi connectivity index (χ1n) is 5.31. The molecule has 0 radical (unpaired) electrons. The zero-order valence-corrected chi connectivity index (χ0v) is 9.19. The summed E-state index contributed by atoms with van der Waals surface area (Å²) in [4.78, 5) is 11.5. The number of phenolic OH excluding ortho intramolecular Hbond substituents is 1. The third-order valence-electron chi connectivity index (χ3n) is 2.80. The molecular weight excluding hydrogens is 204 g/mol. The predicted octanol–water partition coefficient (Wildman–Crippen LogP) is 2.28. The van der Waals surface area contributed by atoms with E-state index in [1.165, 1.54) is 7.11 Å². The molecule has 0 heterocycles. The quantitative estimate of drug-likeness (QED) is 0.735. The van der Waals surface area contributed by atoms with Crippen molar-refractivity contribution in [3.05, 3.63) is 34.9 Å². The Kier molecular flexibility index (Phi) is 2.95. The molecule has 3 heteroatoms. The van der Waals surface area contributed by atoms with E-state index in [1.807, 2.05) is 12.1 Å². The summed E-state index contributed by atoms with van der Waals surface area (Å²) in [5.41, 5.74) is 2.75. The monoisotopic (exact) mass is 218 g/mol. The molecule has 1 aliphatic rings. The van der Waals surface area contributed by atoms with Crippen LogP contribution in [0, 0.1) is 0 Å². The van der Waals surface area contributed by atoms with Gasteiger partial charge in [-0.3, -0.25) is 0 Å². The van der Waals surface area contributed by atoms with Gasteiger partial charge in [0, 0.05) is 5.57 Å². The van der Waals surface area contributed by atoms with Gasteiger partial charge in [-0.05, 0) is 48.6 Å². The minimum absolute atomic E-state index is 0.223. The average molecular weight is 218 g/mol. The molecule has 3 nitrogen and oxygen atoms in total. The van der Waals surface area contributed by atoms with Crippen LogP contribution in [0.1, 0.15) is 24.0 Å². The summed E-state index contributed by atoms with van der Waals surface area (Å²) in [7, 11) is 1.39. The number of aromatic hydroxyl groups is 1.